The zero-order valence-electron chi connectivity index (χ0n) is 27.6. The fourth-order valence-electron chi connectivity index (χ4n) is 4.66. The molecule has 2 N–H and O–H groups in total. The third-order valence-electron chi connectivity index (χ3n) is 6.78. The van der Waals surface area contributed by atoms with E-state index in [2.05, 4.69) is 62.4 Å². The van der Waals surface area contributed by atoms with Gasteiger partial charge in [0.15, 0.2) is 0 Å². The van der Waals surface area contributed by atoms with Gasteiger partial charge in [-0.25, -0.2) is 4.99 Å². The predicted octanol–water partition coefficient (Wildman–Crippen LogP) is 9.40. The van der Waals surface area contributed by atoms with Gasteiger partial charge in [-0.05, 0) is 69.1 Å². The Hall–Kier alpha value is -1.72. The van der Waals surface area contributed by atoms with Crippen LogP contribution in [0.1, 0.15) is 110 Å². The SMILES string of the molecule is CC.[CH2-]CCC(=O)N(C[CH2-])CCCNC(=C\C)/C(=C\N=C(C)Nc1ccc(C(CCC)CCC)cc1CC)C(F)(F)F.[U+2]. The number of halogens is 3. The number of alkyl halides is 3. The van der Waals surface area contributed by atoms with E-state index in [1.165, 1.54) is 11.6 Å². The Morgan fingerprint density at radius 3 is 2.23 bits per heavy atom. The van der Waals surface area contributed by atoms with E-state index in [0.29, 0.717) is 44.1 Å². The molecule has 1 aromatic carbocycles. The Kier molecular flexibility index (Phi) is 24.8. The van der Waals surface area contributed by atoms with Crippen LogP contribution < -0.4 is 10.6 Å². The quantitative estimate of drug-likeness (QED) is 0.0542. The minimum absolute atomic E-state index is 0. The number of carbonyl (C=O) groups is 1. The van der Waals surface area contributed by atoms with Crippen LogP contribution in [-0.4, -0.2) is 42.5 Å². The average molecular weight is 831 g/mol. The van der Waals surface area contributed by atoms with E-state index in [1.54, 1.807) is 18.7 Å². The molecule has 0 atom stereocenters. The number of anilines is 1. The van der Waals surface area contributed by atoms with Crippen LogP contribution in [0.3, 0.4) is 0 Å². The Bertz CT molecular complexity index is 1000. The maximum Gasteiger partial charge on any atom is 2.00 e. The second-order valence-electron chi connectivity index (χ2n) is 9.89. The summed E-state index contributed by atoms with van der Waals surface area (Å²) in [7, 11) is 0. The molecule has 0 aliphatic heterocycles. The monoisotopic (exact) mass is 830 g/mol. The molecule has 0 radical (unpaired) electrons. The molecule has 0 spiro atoms. The number of rotatable bonds is 17. The van der Waals surface area contributed by atoms with Gasteiger partial charge in [0.05, 0.1) is 5.57 Å². The van der Waals surface area contributed by atoms with Gasteiger partial charge in [-0.15, -0.1) is 6.54 Å². The molecule has 242 valence electrons. The molecule has 0 heterocycles. The number of aryl methyl sites for hydroxylation is 1. The van der Waals surface area contributed by atoms with Crippen molar-refractivity contribution in [2.24, 2.45) is 4.99 Å². The van der Waals surface area contributed by atoms with Gasteiger partial charge in [0.1, 0.15) is 5.84 Å². The van der Waals surface area contributed by atoms with Gasteiger partial charge in [-0.2, -0.15) is 19.6 Å². The molecule has 0 aliphatic carbocycles. The molecule has 9 heteroatoms. The van der Waals surface area contributed by atoms with Crippen LogP contribution in [0.25, 0.3) is 0 Å². The Morgan fingerprint density at radius 2 is 1.74 bits per heavy atom. The van der Waals surface area contributed by atoms with Crippen molar-refractivity contribution in [2.75, 3.05) is 25.0 Å². The summed E-state index contributed by atoms with van der Waals surface area (Å²) in [6.45, 7) is 22.1. The van der Waals surface area contributed by atoms with Crippen LogP contribution in [0, 0.1) is 45.0 Å². The number of hydrogen-bond acceptors (Lipinski definition) is 3. The summed E-state index contributed by atoms with van der Waals surface area (Å²) < 4.78 is 41.9. The molecule has 0 aliphatic rings. The minimum atomic E-state index is -4.59. The van der Waals surface area contributed by atoms with Crippen molar-refractivity contribution in [1.29, 1.82) is 0 Å². The zero-order valence-corrected chi connectivity index (χ0v) is 31.8. The normalized spacial score (nSPS) is 12.3. The van der Waals surface area contributed by atoms with Crippen molar-refractivity contribution in [3.8, 4) is 0 Å². The maximum absolute atomic E-state index is 14.0. The standard InChI is InChI=1S/C32H49F3N4O.C2H6.U/c1-8-15-26(16-9-2)27-18-19-30(25(11-4)22-27)38-24(7)37-23-28(32(33,34)35)29(12-5)36-20-14-21-39(13-6)31(40)17-10-3;1-2;/h12,18-19,22-23,26,36H,3,6,8-11,13-17,20-21H2,1-2,4-5,7H3,(H,37,38);1-2H3;/q-2;;+2/b28-23+,29-12-;;. The van der Waals surface area contributed by atoms with Crippen LogP contribution >= 0.6 is 0 Å². The van der Waals surface area contributed by atoms with E-state index < -0.39 is 11.7 Å². The number of hydrogen-bond donors (Lipinski definition) is 2. The summed E-state index contributed by atoms with van der Waals surface area (Å²) in [4.78, 5) is 17.8. The molecule has 0 fully saturated rings. The van der Waals surface area contributed by atoms with Crippen LogP contribution in [0.15, 0.2) is 46.7 Å². The van der Waals surface area contributed by atoms with Crippen molar-refractivity contribution in [3.05, 3.63) is 66.7 Å². The minimum Gasteiger partial charge on any atom is -0.385 e. The van der Waals surface area contributed by atoms with Crippen molar-refractivity contribution in [2.45, 2.75) is 112 Å². The summed E-state index contributed by atoms with van der Waals surface area (Å²) in [5.41, 5.74) is 2.38. The van der Waals surface area contributed by atoms with Gasteiger partial charge in [0.2, 0.25) is 5.91 Å². The van der Waals surface area contributed by atoms with Gasteiger partial charge >= 0.3 is 37.3 Å². The van der Waals surface area contributed by atoms with Crippen LogP contribution in [0.5, 0.6) is 0 Å². The molecule has 0 bridgehead atoms. The number of benzene rings is 1. The smallest absolute Gasteiger partial charge is 0.385 e. The van der Waals surface area contributed by atoms with Crippen molar-refractivity contribution < 1.29 is 49.1 Å². The number of amidine groups is 1. The average Bonchev–Trinajstić information content (AvgIpc) is 2.96. The van der Waals surface area contributed by atoms with Crippen molar-refractivity contribution in [1.82, 2.24) is 10.2 Å². The largest absolute Gasteiger partial charge is 2.00 e. The molecule has 1 amide bonds. The molecular formula is C34H55F3N4OU. The first-order valence-electron chi connectivity index (χ1n) is 15.5. The van der Waals surface area contributed by atoms with Gasteiger partial charge in [0.25, 0.3) is 0 Å². The summed E-state index contributed by atoms with van der Waals surface area (Å²) in [6, 6.07) is 6.34. The van der Waals surface area contributed by atoms with Gasteiger partial charge < -0.3 is 29.4 Å². The van der Waals surface area contributed by atoms with E-state index in [9.17, 15) is 18.0 Å². The van der Waals surface area contributed by atoms with Gasteiger partial charge in [-0.3, -0.25) is 4.79 Å². The number of aliphatic imine (C=N–C) groups is 1. The van der Waals surface area contributed by atoms with E-state index in [4.69, 9.17) is 0 Å². The fourth-order valence-corrected chi connectivity index (χ4v) is 4.66. The summed E-state index contributed by atoms with van der Waals surface area (Å²) in [5.74, 6) is 0.837. The van der Waals surface area contributed by atoms with E-state index >= 15 is 0 Å². The maximum atomic E-state index is 14.0. The molecule has 0 saturated carbocycles. The molecule has 0 aromatic heterocycles. The third kappa shape index (κ3) is 16.2. The topological polar surface area (TPSA) is 56.7 Å². The third-order valence-corrected chi connectivity index (χ3v) is 6.78. The molecular weight excluding hydrogens is 775 g/mol. The fraction of sp³-hybridized carbons (Fsp3) is 0.588. The first-order chi connectivity index (χ1) is 20.1. The molecule has 0 saturated heterocycles. The summed E-state index contributed by atoms with van der Waals surface area (Å²) >= 11 is 0. The first kappa shape index (κ1) is 43.4. The van der Waals surface area contributed by atoms with Gasteiger partial charge in [0, 0.05) is 30.7 Å². The number of amides is 1. The van der Waals surface area contributed by atoms with Crippen molar-refractivity contribution >= 4 is 17.4 Å². The summed E-state index contributed by atoms with van der Waals surface area (Å²) in [5, 5.41) is 6.07. The zero-order chi connectivity index (χ0) is 32.1. The second-order valence-corrected chi connectivity index (χ2v) is 9.89. The molecule has 1 rings (SSSR count). The van der Waals surface area contributed by atoms with E-state index in [-0.39, 0.29) is 49.3 Å². The Morgan fingerprint density at radius 1 is 1.12 bits per heavy atom. The molecule has 43 heavy (non-hydrogen) atoms. The number of nitrogens with zero attached hydrogens (tertiary/aromatic N) is 2. The molecule has 0 unspecified atom stereocenters. The Labute approximate surface area is 284 Å². The number of carbonyl (C=O) groups excluding carboxylic acids is 1. The molecule has 1 aromatic rings. The van der Waals surface area contributed by atoms with Gasteiger partial charge in [-0.1, -0.05) is 65.7 Å². The van der Waals surface area contributed by atoms with Crippen LogP contribution in [0.4, 0.5) is 18.9 Å². The van der Waals surface area contributed by atoms with Crippen LogP contribution in [0.2, 0.25) is 0 Å². The predicted molar refractivity (Wildman–Crippen MR) is 173 cm³/mol. The second kappa shape index (κ2) is 24.6. The first-order valence-corrected chi connectivity index (χ1v) is 15.5. The van der Waals surface area contributed by atoms with E-state index in [1.807, 2.05) is 19.9 Å². The molecule has 5 nitrogen and oxygen atoms in total. The number of nitrogens with one attached hydrogen (secondary N) is 2. The summed E-state index contributed by atoms with van der Waals surface area (Å²) in [6.07, 6.45) is 4.30. The number of allylic oxidation sites excluding steroid dienone is 2. The Balaban J connectivity index is 0. The van der Waals surface area contributed by atoms with E-state index in [0.717, 1.165) is 49.6 Å². The van der Waals surface area contributed by atoms with Crippen molar-refractivity contribution in [3.63, 3.8) is 0 Å². The van der Waals surface area contributed by atoms with Crippen LogP contribution in [-0.2, 0) is 11.2 Å².